The van der Waals surface area contributed by atoms with E-state index in [2.05, 4.69) is 0 Å². The van der Waals surface area contributed by atoms with E-state index in [0.717, 1.165) is 11.3 Å². The van der Waals surface area contributed by atoms with Gasteiger partial charge in [-0.15, -0.1) is 0 Å². The second kappa shape index (κ2) is 9.30. The van der Waals surface area contributed by atoms with Gasteiger partial charge in [-0.2, -0.15) is 0 Å². The van der Waals surface area contributed by atoms with Crippen LogP contribution in [-0.2, 0) is 19.1 Å². The van der Waals surface area contributed by atoms with Gasteiger partial charge in [-0.05, 0) is 50.8 Å². The molecule has 1 aliphatic heterocycles. The number of carbonyl (C=O) groups is 3. The fourth-order valence-corrected chi connectivity index (χ4v) is 4.04. The molecule has 2 aliphatic rings. The quantitative estimate of drug-likeness (QED) is 0.511. The van der Waals surface area contributed by atoms with Crippen molar-refractivity contribution in [1.29, 1.82) is 0 Å². The van der Waals surface area contributed by atoms with Gasteiger partial charge in [0.1, 0.15) is 0 Å². The molecule has 1 aliphatic carbocycles. The Kier molecular flexibility index (Phi) is 6.77. The van der Waals surface area contributed by atoms with Crippen LogP contribution < -0.4 is 15.2 Å². The van der Waals surface area contributed by atoms with Crippen molar-refractivity contribution in [1.82, 2.24) is 4.90 Å². The second-order valence-corrected chi connectivity index (χ2v) is 7.24. The first-order chi connectivity index (χ1) is 14.4. The van der Waals surface area contributed by atoms with Gasteiger partial charge >= 0.3 is 5.97 Å². The first-order valence-electron chi connectivity index (χ1n) is 10.3. The lowest BCUT2D eigenvalue weighted by Gasteiger charge is -2.27. The number of hydrogen-bond acceptors (Lipinski definition) is 7. The highest BCUT2D eigenvalue weighted by atomic mass is 16.5. The Hall–Kier alpha value is -2.87. The summed E-state index contributed by atoms with van der Waals surface area (Å²) in [5.74, 6) is -0.297. The molecule has 0 fully saturated rings. The lowest BCUT2D eigenvalue weighted by molar-refractivity contribution is -0.146. The third-order valence-corrected chi connectivity index (χ3v) is 5.42. The maximum atomic E-state index is 13.2. The Morgan fingerprint density at radius 2 is 1.87 bits per heavy atom. The zero-order valence-corrected chi connectivity index (χ0v) is 17.6. The van der Waals surface area contributed by atoms with Crippen LogP contribution in [0.2, 0.25) is 0 Å². The normalized spacial score (nSPS) is 19.6. The van der Waals surface area contributed by atoms with E-state index in [9.17, 15) is 14.4 Å². The molecule has 1 aromatic carbocycles. The Morgan fingerprint density at radius 3 is 2.50 bits per heavy atom. The molecule has 0 saturated heterocycles. The average Bonchev–Trinajstić information content (AvgIpc) is 2.99. The van der Waals surface area contributed by atoms with Crippen LogP contribution in [0.25, 0.3) is 0 Å². The summed E-state index contributed by atoms with van der Waals surface area (Å²) in [6, 6.07) is 3.87. The molecule has 0 bridgehead atoms. The van der Waals surface area contributed by atoms with Crippen LogP contribution in [0.5, 0.6) is 11.5 Å². The van der Waals surface area contributed by atoms with E-state index in [-0.39, 0.29) is 12.3 Å². The molecule has 8 nitrogen and oxygen atoms in total. The highest BCUT2D eigenvalue weighted by Gasteiger charge is 2.46. The van der Waals surface area contributed by atoms with Crippen molar-refractivity contribution in [2.24, 2.45) is 5.73 Å². The van der Waals surface area contributed by atoms with E-state index in [1.807, 2.05) is 13.8 Å². The van der Waals surface area contributed by atoms with Crippen LogP contribution in [0.15, 0.2) is 29.3 Å². The molecule has 30 heavy (non-hydrogen) atoms. The summed E-state index contributed by atoms with van der Waals surface area (Å²) in [6.07, 6.45) is 1.77. The van der Waals surface area contributed by atoms with Crippen molar-refractivity contribution in [2.45, 2.75) is 51.6 Å². The summed E-state index contributed by atoms with van der Waals surface area (Å²) in [6.45, 7) is 4.59. The zero-order valence-electron chi connectivity index (χ0n) is 17.6. The molecule has 0 spiro atoms. The smallest absolute Gasteiger partial charge is 0.307 e. The summed E-state index contributed by atoms with van der Waals surface area (Å²) in [7, 11) is 1.27. The van der Waals surface area contributed by atoms with Gasteiger partial charge < -0.3 is 19.9 Å². The van der Waals surface area contributed by atoms with Crippen molar-refractivity contribution in [3.8, 4) is 11.5 Å². The highest BCUT2D eigenvalue weighted by Crippen LogP contribution is 2.40. The number of nitrogens with two attached hydrogens (primary N) is 1. The van der Waals surface area contributed by atoms with Crippen molar-refractivity contribution < 1.29 is 28.6 Å². The molecule has 3 rings (SSSR count). The molecule has 0 saturated carbocycles. The largest absolute Gasteiger partial charge is 0.490 e. The molecule has 1 aromatic rings. The van der Waals surface area contributed by atoms with Crippen molar-refractivity contribution in [3.05, 3.63) is 34.9 Å². The van der Waals surface area contributed by atoms with E-state index >= 15 is 0 Å². The summed E-state index contributed by atoms with van der Waals surface area (Å²) in [5, 5.41) is 0. The van der Waals surface area contributed by atoms with Crippen LogP contribution in [0.1, 0.15) is 51.1 Å². The average molecular weight is 416 g/mol. The van der Waals surface area contributed by atoms with Gasteiger partial charge in [-0.3, -0.25) is 19.3 Å². The number of hydrogen-bond donors (Lipinski definition) is 1. The molecule has 0 aromatic heterocycles. The number of nitrogens with zero attached hydrogens (tertiary/aromatic N) is 1. The van der Waals surface area contributed by atoms with Gasteiger partial charge in [-0.25, -0.2) is 0 Å². The number of benzene rings is 1. The van der Waals surface area contributed by atoms with E-state index in [1.165, 1.54) is 7.11 Å². The molecule has 2 atom stereocenters. The Bertz CT molecular complexity index is 878. The van der Waals surface area contributed by atoms with Crippen molar-refractivity contribution >= 4 is 17.8 Å². The Morgan fingerprint density at radius 1 is 1.17 bits per heavy atom. The number of carbonyl (C=O) groups excluding carboxylic acids is 3. The summed E-state index contributed by atoms with van der Waals surface area (Å²) >= 11 is 0. The van der Waals surface area contributed by atoms with Crippen molar-refractivity contribution in [2.75, 3.05) is 20.3 Å². The van der Waals surface area contributed by atoms with Gasteiger partial charge in [0.15, 0.2) is 11.5 Å². The van der Waals surface area contributed by atoms with Gasteiger partial charge in [-0.1, -0.05) is 6.07 Å². The van der Waals surface area contributed by atoms with Crippen molar-refractivity contribution in [3.63, 3.8) is 0 Å². The maximum Gasteiger partial charge on any atom is 0.307 e. The second-order valence-electron chi connectivity index (χ2n) is 7.24. The van der Waals surface area contributed by atoms with Gasteiger partial charge in [0, 0.05) is 17.2 Å². The number of amides is 2. The monoisotopic (exact) mass is 416 g/mol. The third-order valence-electron chi connectivity index (χ3n) is 5.42. The SMILES string of the molecule is CCOc1ccc(C(CC(=O)OC)N2C(=O)C3=C(C2=O)C(N)CCC3)cc1OCC. The fraction of sp³-hybridized carbons (Fsp3) is 0.500. The molecular formula is C22H28N2O6. The Balaban J connectivity index is 2.02. The lowest BCUT2D eigenvalue weighted by atomic mass is 9.89. The molecule has 2 amide bonds. The minimum absolute atomic E-state index is 0.163. The summed E-state index contributed by atoms with van der Waals surface area (Å²) in [4.78, 5) is 39.6. The third kappa shape index (κ3) is 4.05. The molecule has 0 radical (unpaired) electrons. The van der Waals surface area contributed by atoms with Crippen LogP contribution in [0.3, 0.4) is 0 Å². The molecule has 162 valence electrons. The molecule has 8 heteroatoms. The fourth-order valence-electron chi connectivity index (χ4n) is 4.04. The summed E-state index contributed by atoms with van der Waals surface area (Å²) in [5.41, 5.74) is 7.55. The van der Waals surface area contributed by atoms with E-state index < -0.39 is 24.0 Å². The first kappa shape index (κ1) is 21.8. The van der Waals surface area contributed by atoms with Crippen LogP contribution >= 0.6 is 0 Å². The predicted octanol–water partition coefficient (Wildman–Crippen LogP) is 2.26. The maximum absolute atomic E-state index is 13.2. The highest BCUT2D eigenvalue weighted by molar-refractivity contribution is 6.20. The van der Waals surface area contributed by atoms with Crippen LogP contribution in [0, 0.1) is 0 Å². The number of esters is 1. The zero-order chi connectivity index (χ0) is 21.8. The van der Waals surface area contributed by atoms with E-state index in [1.54, 1.807) is 18.2 Å². The number of imide groups is 1. The predicted molar refractivity (Wildman–Crippen MR) is 109 cm³/mol. The van der Waals surface area contributed by atoms with Gasteiger partial charge in [0.2, 0.25) is 0 Å². The standard InChI is InChI=1S/C22H28N2O6/c1-4-29-17-10-9-13(11-18(17)30-5-2)16(12-19(25)28-3)24-21(26)14-7-6-8-15(23)20(14)22(24)27/h9-11,15-16H,4-8,12,23H2,1-3H3. The first-order valence-corrected chi connectivity index (χ1v) is 10.3. The van der Waals surface area contributed by atoms with Gasteiger partial charge in [0.25, 0.3) is 11.8 Å². The Labute approximate surface area is 175 Å². The lowest BCUT2D eigenvalue weighted by Crippen LogP contribution is -2.38. The molecule has 2 N–H and O–H groups in total. The van der Waals surface area contributed by atoms with E-state index in [0.29, 0.717) is 54.3 Å². The topological polar surface area (TPSA) is 108 Å². The van der Waals surface area contributed by atoms with Gasteiger partial charge in [0.05, 0.1) is 32.8 Å². The van der Waals surface area contributed by atoms with E-state index in [4.69, 9.17) is 19.9 Å². The molecule has 2 unspecified atom stereocenters. The number of rotatable bonds is 8. The number of ether oxygens (including phenoxy) is 3. The van der Waals surface area contributed by atoms with Crippen LogP contribution in [-0.4, -0.2) is 49.0 Å². The van der Waals surface area contributed by atoms with Crippen LogP contribution in [0.4, 0.5) is 0 Å². The summed E-state index contributed by atoms with van der Waals surface area (Å²) < 4.78 is 16.1. The number of methoxy groups -OCH3 is 1. The minimum Gasteiger partial charge on any atom is -0.490 e. The molecule has 1 heterocycles. The minimum atomic E-state index is -0.829. The molecular weight excluding hydrogens is 388 g/mol.